The molecule has 1 atom stereocenters. The number of carbonyl (C=O) groups excluding carboxylic acids is 1. The van der Waals surface area contributed by atoms with Gasteiger partial charge in [0, 0.05) is 6.61 Å². The summed E-state index contributed by atoms with van der Waals surface area (Å²) < 4.78 is 10.9. The summed E-state index contributed by atoms with van der Waals surface area (Å²) in [7, 11) is 0. The van der Waals surface area contributed by atoms with E-state index in [1.165, 1.54) is 12.5 Å². The third-order valence-corrected chi connectivity index (χ3v) is 2.17. The highest BCUT2D eigenvalue weighted by atomic mass is 16.7. The lowest BCUT2D eigenvalue weighted by molar-refractivity contribution is -0.162. The molecule has 1 saturated heterocycles. The van der Waals surface area contributed by atoms with Crippen LogP contribution in [0.4, 0.5) is 0 Å². The van der Waals surface area contributed by atoms with E-state index in [-0.39, 0.29) is 6.29 Å². The topological polar surface area (TPSA) is 35.5 Å². The quantitative estimate of drug-likeness (QED) is 0.372. The summed E-state index contributed by atoms with van der Waals surface area (Å²) in [5.74, 6) is 0. The summed E-state index contributed by atoms with van der Waals surface area (Å²) >= 11 is 0. The standard InChI is InChI=1S/C11H18O3/c12-8-4-1-2-5-9-13-11-7-3-6-10-14-11/h1,4,8,11H,2-3,5-7,9-10H2/b4-1+. The summed E-state index contributed by atoms with van der Waals surface area (Å²) in [6, 6.07) is 0. The summed E-state index contributed by atoms with van der Waals surface area (Å²) in [5.41, 5.74) is 0. The lowest BCUT2D eigenvalue weighted by Gasteiger charge is -2.22. The second-order valence-corrected chi connectivity index (χ2v) is 3.37. The molecule has 3 nitrogen and oxygen atoms in total. The molecule has 1 rings (SSSR count). The van der Waals surface area contributed by atoms with Crippen molar-refractivity contribution in [2.24, 2.45) is 0 Å². The third kappa shape index (κ3) is 5.14. The van der Waals surface area contributed by atoms with Gasteiger partial charge in [0.1, 0.15) is 6.29 Å². The van der Waals surface area contributed by atoms with E-state index >= 15 is 0 Å². The molecule has 0 bridgehead atoms. The van der Waals surface area contributed by atoms with Crippen molar-refractivity contribution in [3.63, 3.8) is 0 Å². The van der Waals surface area contributed by atoms with Crippen molar-refractivity contribution in [1.82, 2.24) is 0 Å². The highest BCUT2D eigenvalue weighted by Crippen LogP contribution is 2.13. The Balaban J connectivity index is 1.92. The van der Waals surface area contributed by atoms with Crippen molar-refractivity contribution < 1.29 is 14.3 Å². The minimum absolute atomic E-state index is 0.0128. The molecular weight excluding hydrogens is 180 g/mol. The van der Waals surface area contributed by atoms with Crippen LogP contribution in [0.5, 0.6) is 0 Å². The number of unbranched alkanes of at least 4 members (excludes halogenated alkanes) is 1. The molecule has 80 valence electrons. The van der Waals surface area contributed by atoms with Gasteiger partial charge < -0.3 is 9.47 Å². The highest BCUT2D eigenvalue weighted by molar-refractivity contribution is 5.64. The second-order valence-electron chi connectivity index (χ2n) is 3.37. The first kappa shape index (κ1) is 11.4. The maximum atomic E-state index is 9.95. The molecule has 3 heteroatoms. The van der Waals surface area contributed by atoms with Crippen LogP contribution in [-0.2, 0) is 14.3 Å². The molecule has 0 N–H and O–H groups in total. The Labute approximate surface area is 85.1 Å². The van der Waals surface area contributed by atoms with Crippen molar-refractivity contribution in [3.05, 3.63) is 12.2 Å². The number of carbonyl (C=O) groups is 1. The fourth-order valence-corrected chi connectivity index (χ4v) is 1.41. The van der Waals surface area contributed by atoms with Gasteiger partial charge in [-0.2, -0.15) is 0 Å². The SMILES string of the molecule is O=C/C=C/CCCOC1CCCCO1. The van der Waals surface area contributed by atoms with E-state index in [1.54, 1.807) is 0 Å². The number of hydrogen-bond acceptors (Lipinski definition) is 3. The fourth-order valence-electron chi connectivity index (χ4n) is 1.41. The van der Waals surface area contributed by atoms with Crippen LogP contribution in [0.2, 0.25) is 0 Å². The molecule has 0 amide bonds. The van der Waals surface area contributed by atoms with E-state index in [9.17, 15) is 4.79 Å². The Bertz CT molecular complexity index is 171. The lowest BCUT2D eigenvalue weighted by Crippen LogP contribution is -2.22. The van der Waals surface area contributed by atoms with Crippen LogP contribution < -0.4 is 0 Å². The molecule has 0 radical (unpaired) electrons. The number of aldehydes is 1. The molecular formula is C11H18O3. The van der Waals surface area contributed by atoms with Crippen LogP contribution >= 0.6 is 0 Å². The maximum absolute atomic E-state index is 9.95. The van der Waals surface area contributed by atoms with Crippen molar-refractivity contribution in [3.8, 4) is 0 Å². The highest BCUT2D eigenvalue weighted by Gasteiger charge is 2.12. The minimum Gasteiger partial charge on any atom is -0.353 e. The van der Waals surface area contributed by atoms with E-state index in [0.717, 1.165) is 38.6 Å². The average Bonchev–Trinajstić information content (AvgIpc) is 2.25. The Morgan fingerprint density at radius 2 is 2.36 bits per heavy atom. The molecule has 0 aromatic heterocycles. The van der Waals surface area contributed by atoms with Crippen LogP contribution in [0.15, 0.2) is 12.2 Å². The number of ether oxygens (including phenoxy) is 2. The Morgan fingerprint density at radius 3 is 3.07 bits per heavy atom. The predicted octanol–water partition coefficient (Wildman–Crippen LogP) is 2.06. The van der Waals surface area contributed by atoms with Crippen molar-refractivity contribution in [1.29, 1.82) is 0 Å². The zero-order valence-corrected chi connectivity index (χ0v) is 8.48. The predicted molar refractivity (Wildman–Crippen MR) is 54.0 cm³/mol. The molecule has 0 aromatic carbocycles. The first-order chi connectivity index (χ1) is 6.93. The molecule has 1 aliphatic rings. The van der Waals surface area contributed by atoms with Crippen LogP contribution in [0.25, 0.3) is 0 Å². The zero-order valence-electron chi connectivity index (χ0n) is 8.48. The van der Waals surface area contributed by atoms with Crippen molar-refractivity contribution in [2.75, 3.05) is 13.2 Å². The lowest BCUT2D eigenvalue weighted by atomic mass is 10.2. The first-order valence-electron chi connectivity index (χ1n) is 5.27. The van der Waals surface area contributed by atoms with Gasteiger partial charge in [0.15, 0.2) is 6.29 Å². The summed E-state index contributed by atoms with van der Waals surface area (Å²) in [5, 5.41) is 0. The van der Waals surface area contributed by atoms with Gasteiger partial charge in [0.05, 0.1) is 6.61 Å². The first-order valence-corrected chi connectivity index (χ1v) is 5.27. The molecule has 1 aliphatic heterocycles. The Morgan fingerprint density at radius 1 is 1.43 bits per heavy atom. The second kappa shape index (κ2) is 7.71. The van der Waals surface area contributed by atoms with Gasteiger partial charge in [-0.1, -0.05) is 6.08 Å². The van der Waals surface area contributed by atoms with Crippen LogP contribution in [0, 0.1) is 0 Å². The van der Waals surface area contributed by atoms with E-state index in [0.29, 0.717) is 6.61 Å². The Kier molecular flexibility index (Phi) is 6.28. The smallest absolute Gasteiger partial charge is 0.157 e. The molecule has 0 spiro atoms. The molecule has 0 aromatic rings. The molecule has 1 heterocycles. The van der Waals surface area contributed by atoms with E-state index in [4.69, 9.17) is 9.47 Å². The molecule has 1 fully saturated rings. The summed E-state index contributed by atoms with van der Waals surface area (Å²) in [4.78, 5) is 9.95. The molecule has 0 aliphatic carbocycles. The number of rotatable bonds is 6. The molecule has 14 heavy (non-hydrogen) atoms. The van der Waals surface area contributed by atoms with E-state index in [2.05, 4.69) is 0 Å². The van der Waals surface area contributed by atoms with Crippen LogP contribution in [0.3, 0.4) is 0 Å². The zero-order chi connectivity index (χ0) is 10.1. The van der Waals surface area contributed by atoms with Crippen LogP contribution in [0.1, 0.15) is 32.1 Å². The number of hydrogen-bond donors (Lipinski definition) is 0. The Hall–Kier alpha value is -0.670. The summed E-state index contributed by atoms with van der Waals surface area (Å²) in [6.07, 6.45) is 9.41. The van der Waals surface area contributed by atoms with Gasteiger partial charge in [0.25, 0.3) is 0 Å². The normalized spacial score (nSPS) is 22.7. The average molecular weight is 198 g/mol. The fraction of sp³-hybridized carbons (Fsp3) is 0.727. The van der Waals surface area contributed by atoms with Gasteiger partial charge in [-0.25, -0.2) is 0 Å². The van der Waals surface area contributed by atoms with Crippen molar-refractivity contribution >= 4 is 6.29 Å². The van der Waals surface area contributed by atoms with E-state index in [1.807, 2.05) is 6.08 Å². The van der Waals surface area contributed by atoms with Gasteiger partial charge in [-0.3, -0.25) is 4.79 Å². The van der Waals surface area contributed by atoms with Crippen LogP contribution in [-0.4, -0.2) is 25.8 Å². The largest absolute Gasteiger partial charge is 0.353 e. The van der Waals surface area contributed by atoms with Gasteiger partial charge in [-0.05, 0) is 38.2 Å². The van der Waals surface area contributed by atoms with Gasteiger partial charge in [0.2, 0.25) is 0 Å². The number of allylic oxidation sites excluding steroid dienone is 2. The van der Waals surface area contributed by atoms with Gasteiger partial charge >= 0.3 is 0 Å². The monoisotopic (exact) mass is 198 g/mol. The molecule has 1 unspecified atom stereocenters. The van der Waals surface area contributed by atoms with Gasteiger partial charge in [-0.15, -0.1) is 0 Å². The van der Waals surface area contributed by atoms with Crippen molar-refractivity contribution in [2.45, 2.75) is 38.4 Å². The van der Waals surface area contributed by atoms with E-state index < -0.39 is 0 Å². The summed E-state index contributed by atoms with van der Waals surface area (Å²) in [6.45, 7) is 1.55. The maximum Gasteiger partial charge on any atom is 0.157 e. The molecule has 0 saturated carbocycles. The third-order valence-electron chi connectivity index (χ3n) is 2.17. The minimum atomic E-state index is 0.0128.